The number of amides is 1. The molecule has 20 heavy (non-hydrogen) atoms. The maximum Gasteiger partial charge on any atom is 0.258 e. The minimum absolute atomic E-state index is 0.107. The zero-order valence-electron chi connectivity index (χ0n) is 11.6. The van der Waals surface area contributed by atoms with Crippen LogP contribution in [0, 0.1) is 0 Å². The van der Waals surface area contributed by atoms with Gasteiger partial charge in [0.25, 0.3) is 5.91 Å². The van der Waals surface area contributed by atoms with Crippen LogP contribution in [-0.4, -0.2) is 19.5 Å². The zero-order valence-corrected chi connectivity index (χ0v) is 11.6. The Morgan fingerprint density at radius 2 is 1.85 bits per heavy atom. The van der Waals surface area contributed by atoms with E-state index in [4.69, 9.17) is 0 Å². The van der Waals surface area contributed by atoms with Crippen LogP contribution in [0.25, 0.3) is 0 Å². The molecule has 0 atom stereocenters. The molecule has 1 amide bonds. The van der Waals surface area contributed by atoms with Gasteiger partial charge in [-0.2, -0.15) is 0 Å². The highest BCUT2D eigenvalue weighted by molar-refractivity contribution is 6.08. The zero-order chi connectivity index (χ0) is 13.9. The van der Waals surface area contributed by atoms with Crippen LogP contribution in [0.2, 0.25) is 0 Å². The Hall–Kier alpha value is -2.13. The first-order chi connectivity index (χ1) is 9.81. The van der Waals surface area contributed by atoms with Crippen molar-refractivity contribution < 1.29 is 4.79 Å². The van der Waals surface area contributed by atoms with Crippen molar-refractivity contribution >= 4 is 11.6 Å². The first-order valence-corrected chi connectivity index (χ1v) is 6.93. The minimum atomic E-state index is 0.107. The molecule has 0 aliphatic carbocycles. The summed E-state index contributed by atoms with van der Waals surface area (Å²) in [5.74, 6) is 0.107. The lowest BCUT2D eigenvalue weighted by Gasteiger charge is -2.30. The first-order valence-electron chi connectivity index (χ1n) is 6.93. The summed E-state index contributed by atoms with van der Waals surface area (Å²) >= 11 is 0. The number of carbonyl (C=O) groups excluding carboxylic acids is 1. The lowest BCUT2D eigenvalue weighted by molar-refractivity contribution is 0.0980. The number of hydrogen-bond acceptors (Lipinski definition) is 2. The highest BCUT2D eigenvalue weighted by Gasteiger charge is 2.26. The molecule has 2 aromatic carbocycles. The van der Waals surface area contributed by atoms with Gasteiger partial charge in [0.15, 0.2) is 0 Å². The highest BCUT2D eigenvalue weighted by atomic mass is 16.2. The van der Waals surface area contributed by atoms with Crippen molar-refractivity contribution in [3.05, 3.63) is 65.2 Å². The van der Waals surface area contributed by atoms with E-state index in [9.17, 15) is 4.79 Å². The summed E-state index contributed by atoms with van der Waals surface area (Å²) in [6.45, 7) is 1.51. The molecule has 1 aliphatic heterocycles. The summed E-state index contributed by atoms with van der Waals surface area (Å²) in [5.41, 5.74) is 4.15. The van der Waals surface area contributed by atoms with Gasteiger partial charge < -0.3 is 10.2 Å². The number of para-hydroxylation sites is 1. The normalized spacial score (nSPS) is 14.2. The van der Waals surface area contributed by atoms with E-state index in [1.165, 1.54) is 0 Å². The van der Waals surface area contributed by atoms with Gasteiger partial charge >= 0.3 is 0 Å². The van der Waals surface area contributed by atoms with E-state index >= 15 is 0 Å². The average Bonchev–Trinajstić information content (AvgIpc) is 2.49. The molecule has 0 bridgehead atoms. The molecule has 1 N–H and O–H groups in total. The first kappa shape index (κ1) is 12.9. The second kappa shape index (κ2) is 5.47. The Kier molecular flexibility index (Phi) is 3.52. The van der Waals surface area contributed by atoms with Crippen LogP contribution in [0.1, 0.15) is 21.5 Å². The van der Waals surface area contributed by atoms with Gasteiger partial charge in [-0.1, -0.05) is 36.4 Å². The smallest absolute Gasteiger partial charge is 0.258 e. The van der Waals surface area contributed by atoms with Gasteiger partial charge in [0.1, 0.15) is 0 Å². The van der Waals surface area contributed by atoms with Crippen LogP contribution in [-0.2, 0) is 13.0 Å². The number of nitrogens with one attached hydrogen (secondary N) is 1. The van der Waals surface area contributed by atoms with Crippen molar-refractivity contribution in [1.82, 2.24) is 5.32 Å². The number of hydrogen-bond donors (Lipinski definition) is 1. The number of nitrogens with zero attached hydrogens (tertiary/aromatic N) is 1. The van der Waals surface area contributed by atoms with Crippen molar-refractivity contribution in [3.63, 3.8) is 0 Å². The van der Waals surface area contributed by atoms with Gasteiger partial charge in [0, 0.05) is 24.3 Å². The fourth-order valence-electron chi connectivity index (χ4n) is 2.77. The topological polar surface area (TPSA) is 32.3 Å². The maximum absolute atomic E-state index is 12.7. The second-order valence-corrected chi connectivity index (χ2v) is 5.02. The van der Waals surface area contributed by atoms with Gasteiger partial charge in [-0.05, 0) is 36.7 Å². The molecule has 2 aromatic rings. The predicted molar refractivity (Wildman–Crippen MR) is 81.0 cm³/mol. The Morgan fingerprint density at radius 3 is 2.70 bits per heavy atom. The van der Waals surface area contributed by atoms with Crippen molar-refractivity contribution in [1.29, 1.82) is 0 Å². The summed E-state index contributed by atoms with van der Waals surface area (Å²) in [5, 5.41) is 3.16. The number of benzene rings is 2. The van der Waals surface area contributed by atoms with E-state index in [1.54, 1.807) is 0 Å². The number of rotatable bonds is 3. The summed E-state index contributed by atoms with van der Waals surface area (Å²) < 4.78 is 0. The molecule has 3 nitrogen and oxygen atoms in total. The van der Waals surface area contributed by atoms with Crippen LogP contribution in [0.15, 0.2) is 48.5 Å². The number of anilines is 1. The summed E-state index contributed by atoms with van der Waals surface area (Å²) in [6.07, 6.45) is 0.913. The largest absolute Gasteiger partial charge is 0.316 e. The third-order valence-electron chi connectivity index (χ3n) is 3.75. The Morgan fingerprint density at radius 1 is 1.10 bits per heavy atom. The van der Waals surface area contributed by atoms with E-state index in [1.807, 2.05) is 54.4 Å². The minimum Gasteiger partial charge on any atom is -0.316 e. The number of fused-ring (bicyclic) bond motifs is 1. The molecule has 1 heterocycles. The summed E-state index contributed by atoms with van der Waals surface area (Å²) in [4.78, 5) is 14.6. The van der Waals surface area contributed by atoms with Gasteiger partial charge in [-0.25, -0.2) is 0 Å². The third-order valence-corrected chi connectivity index (χ3v) is 3.75. The standard InChI is InChI=1S/C17H18N2O/c1-18-12-14-7-3-5-9-16(14)19-11-10-13-6-2-4-8-15(13)17(19)20/h2-9,18H,10-12H2,1H3. The van der Waals surface area contributed by atoms with Crippen molar-refractivity contribution in [2.45, 2.75) is 13.0 Å². The Bertz CT molecular complexity index is 636. The molecule has 0 spiro atoms. The molecule has 0 saturated carbocycles. The van der Waals surface area contributed by atoms with Crippen LogP contribution >= 0.6 is 0 Å². The van der Waals surface area contributed by atoms with E-state index < -0.39 is 0 Å². The van der Waals surface area contributed by atoms with Gasteiger partial charge in [-0.3, -0.25) is 4.79 Å². The molecule has 0 saturated heterocycles. The fourth-order valence-corrected chi connectivity index (χ4v) is 2.77. The lowest BCUT2D eigenvalue weighted by Crippen LogP contribution is -2.38. The van der Waals surface area contributed by atoms with Crippen LogP contribution in [0.4, 0.5) is 5.69 Å². The maximum atomic E-state index is 12.7. The summed E-state index contributed by atoms with van der Waals surface area (Å²) in [6, 6.07) is 16.0. The van der Waals surface area contributed by atoms with E-state index in [0.717, 1.165) is 41.9 Å². The van der Waals surface area contributed by atoms with E-state index in [-0.39, 0.29) is 5.91 Å². The highest BCUT2D eigenvalue weighted by Crippen LogP contribution is 2.27. The molecule has 3 heteroatoms. The monoisotopic (exact) mass is 266 g/mol. The molecule has 0 fully saturated rings. The molecule has 3 rings (SSSR count). The quantitative estimate of drug-likeness (QED) is 0.926. The van der Waals surface area contributed by atoms with Gasteiger partial charge in [0.05, 0.1) is 0 Å². The summed E-state index contributed by atoms with van der Waals surface area (Å²) in [7, 11) is 1.92. The van der Waals surface area contributed by atoms with Gasteiger partial charge in [-0.15, -0.1) is 0 Å². The molecule has 102 valence electrons. The molecular weight excluding hydrogens is 248 g/mol. The SMILES string of the molecule is CNCc1ccccc1N1CCc2ccccc2C1=O. The molecular formula is C17H18N2O. The van der Waals surface area contributed by atoms with Crippen LogP contribution in [0.3, 0.4) is 0 Å². The fraction of sp³-hybridized carbons (Fsp3) is 0.235. The van der Waals surface area contributed by atoms with Crippen molar-refractivity contribution in [2.75, 3.05) is 18.5 Å². The average molecular weight is 266 g/mol. The molecule has 0 radical (unpaired) electrons. The number of carbonyl (C=O) groups is 1. The van der Waals surface area contributed by atoms with Crippen LogP contribution < -0.4 is 10.2 Å². The predicted octanol–water partition coefficient (Wildman–Crippen LogP) is 2.61. The third kappa shape index (κ3) is 2.21. The van der Waals surface area contributed by atoms with Crippen molar-refractivity contribution in [3.8, 4) is 0 Å². The molecule has 0 aromatic heterocycles. The van der Waals surface area contributed by atoms with E-state index in [2.05, 4.69) is 11.4 Å². The van der Waals surface area contributed by atoms with Gasteiger partial charge in [0.2, 0.25) is 0 Å². The van der Waals surface area contributed by atoms with Crippen molar-refractivity contribution in [2.24, 2.45) is 0 Å². The second-order valence-electron chi connectivity index (χ2n) is 5.02. The lowest BCUT2D eigenvalue weighted by atomic mass is 9.98. The van der Waals surface area contributed by atoms with Crippen LogP contribution in [0.5, 0.6) is 0 Å². The van der Waals surface area contributed by atoms with E-state index in [0.29, 0.717) is 0 Å². The molecule has 0 unspecified atom stereocenters. The molecule has 1 aliphatic rings. The Balaban J connectivity index is 1.99. The Labute approximate surface area is 119 Å².